The van der Waals surface area contributed by atoms with E-state index in [-0.39, 0.29) is 24.2 Å². The van der Waals surface area contributed by atoms with E-state index >= 15 is 0 Å². The van der Waals surface area contributed by atoms with Crippen molar-refractivity contribution < 1.29 is 9.59 Å². The van der Waals surface area contributed by atoms with Crippen molar-refractivity contribution in [3.05, 3.63) is 34.3 Å². The molecule has 0 unspecified atom stereocenters. The number of hydrogen-bond acceptors (Lipinski definition) is 5. The van der Waals surface area contributed by atoms with Crippen LogP contribution in [0.5, 0.6) is 0 Å². The fourth-order valence-corrected chi connectivity index (χ4v) is 3.37. The van der Waals surface area contributed by atoms with Crippen LogP contribution in [-0.2, 0) is 9.59 Å². The lowest BCUT2D eigenvalue weighted by Crippen LogP contribution is -2.28. The molecular formula is C16H18N4O2S. The third-order valence-corrected chi connectivity index (χ3v) is 4.65. The molecule has 6 nitrogen and oxygen atoms in total. The Labute approximate surface area is 138 Å². The molecule has 1 N–H and O–H groups in total. The van der Waals surface area contributed by atoms with Gasteiger partial charge in [0.05, 0.1) is 5.92 Å². The molecule has 23 heavy (non-hydrogen) atoms. The van der Waals surface area contributed by atoms with Gasteiger partial charge >= 0.3 is 0 Å². The Morgan fingerprint density at radius 3 is 2.74 bits per heavy atom. The molecule has 1 aliphatic heterocycles. The molecule has 3 rings (SSSR count). The third-order valence-electron chi connectivity index (χ3n) is 3.90. The van der Waals surface area contributed by atoms with Gasteiger partial charge in [-0.3, -0.25) is 9.59 Å². The fourth-order valence-electron chi connectivity index (χ4n) is 2.78. The largest absolute Gasteiger partial charge is 0.311 e. The molecule has 2 amide bonds. The topological polar surface area (TPSA) is 75.2 Å². The lowest BCUT2D eigenvalue weighted by Gasteiger charge is -2.19. The first-order valence-electron chi connectivity index (χ1n) is 7.42. The van der Waals surface area contributed by atoms with Gasteiger partial charge in [-0.1, -0.05) is 29.0 Å². The maximum Gasteiger partial charge on any atom is 0.231 e. The summed E-state index contributed by atoms with van der Waals surface area (Å²) in [5.74, 6) is -0.570. The highest BCUT2D eigenvalue weighted by atomic mass is 32.1. The van der Waals surface area contributed by atoms with E-state index in [1.165, 1.54) is 11.3 Å². The highest BCUT2D eigenvalue weighted by Crippen LogP contribution is 2.29. The Balaban J connectivity index is 1.73. The molecule has 2 heterocycles. The van der Waals surface area contributed by atoms with Crippen molar-refractivity contribution in [1.82, 2.24) is 10.2 Å². The number of nitrogens with one attached hydrogen (secondary N) is 1. The number of aryl methyl sites for hydroxylation is 3. The highest BCUT2D eigenvalue weighted by molar-refractivity contribution is 7.15. The standard InChI is InChI=1S/C16H18N4O2S/c1-9-4-5-13(10(2)6-9)20-8-12(7-14(20)21)15(22)17-16-19-18-11(3)23-16/h4-6,12H,7-8H2,1-3H3,(H,17,19,22)/t12-/m0/s1. The smallest absolute Gasteiger partial charge is 0.231 e. The fraction of sp³-hybridized carbons (Fsp3) is 0.375. The Morgan fingerprint density at radius 2 is 2.09 bits per heavy atom. The molecule has 0 spiro atoms. The summed E-state index contributed by atoms with van der Waals surface area (Å²) in [6.07, 6.45) is 0.219. The van der Waals surface area contributed by atoms with Crippen molar-refractivity contribution in [3.63, 3.8) is 0 Å². The average molecular weight is 330 g/mol. The zero-order chi connectivity index (χ0) is 16.6. The van der Waals surface area contributed by atoms with E-state index < -0.39 is 0 Å². The number of benzene rings is 1. The van der Waals surface area contributed by atoms with Crippen LogP contribution in [0.1, 0.15) is 22.6 Å². The van der Waals surface area contributed by atoms with Gasteiger partial charge in [-0.2, -0.15) is 0 Å². The van der Waals surface area contributed by atoms with Crippen LogP contribution in [0.25, 0.3) is 0 Å². The molecular weight excluding hydrogens is 312 g/mol. The maximum absolute atomic E-state index is 12.3. The number of carbonyl (C=O) groups is 2. The Morgan fingerprint density at radius 1 is 1.30 bits per heavy atom. The van der Waals surface area contributed by atoms with Crippen LogP contribution < -0.4 is 10.2 Å². The van der Waals surface area contributed by atoms with Gasteiger partial charge in [0.1, 0.15) is 5.01 Å². The van der Waals surface area contributed by atoms with E-state index in [0.717, 1.165) is 21.8 Å². The van der Waals surface area contributed by atoms with Crippen LogP contribution in [0.2, 0.25) is 0 Å². The van der Waals surface area contributed by atoms with E-state index in [1.54, 1.807) is 4.90 Å². The van der Waals surface area contributed by atoms with Crippen LogP contribution in [0, 0.1) is 26.7 Å². The molecule has 1 fully saturated rings. The molecule has 7 heteroatoms. The van der Waals surface area contributed by atoms with E-state index in [0.29, 0.717) is 11.7 Å². The van der Waals surface area contributed by atoms with Gasteiger partial charge in [0, 0.05) is 18.7 Å². The van der Waals surface area contributed by atoms with Crippen LogP contribution in [0.4, 0.5) is 10.8 Å². The summed E-state index contributed by atoms with van der Waals surface area (Å²) in [6.45, 7) is 6.22. The van der Waals surface area contributed by atoms with Crippen LogP contribution in [-0.4, -0.2) is 28.6 Å². The minimum Gasteiger partial charge on any atom is -0.311 e. The first-order valence-corrected chi connectivity index (χ1v) is 8.24. The third kappa shape index (κ3) is 3.24. The summed E-state index contributed by atoms with van der Waals surface area (Å²) in [5.41, 5.74) is 3.07. The highest BCUT2D eigenvalue weighted by Gasteiger charge is 2.36. The van der Waals surface area contributed by atoms with Crippen LogP contribution in [0.3, 0.4) is 0 Å². The van der Waals surface area contributed by atoms with E-state index in [9.17, 15) is 9.59 Å². The zero-order valence-electron chi connectivity index (χ0n) is 13.3. The normalized spacial score (nSPS) is 17.6. The lowest BCUT2D eigenvalue weighted by molar-refractivity contribution is -0.122. The van der Waals surface area contributed by atoms with Crippen molar-refractivity contribution >= 4 is 34.0 Å². The minimum absolute atomic E-state index is 0.0226. The van der Waals surface area contributed by atoms with Gasteiger partial charge in [0.25, 0.3) is 0 Å². The second-order valence-electron chi connectivity index (χ2n) is 5.81. The molecule has 1 atom stereocenters. The van der Waals surface area contributed by atoms with Gasteiger partial charge < -0.3 is 10.2 Å². The maximum atomic E-state index is 12.3. The number of hydrogen-bond donors (Lipinski definition) is 1. The minimum atomic E-state index is -0.368. The summed E-state index contributed by atoms with van der Waals surface area (Å²) >= 11 is 1.32. The van der Waals surface area contributed by atoms with Crippen molar-refractivity contribution in [2.24, 2.45) is 5.92 Å². The quantitative estimate of drug-likeness (QED) is 0.938. The zero-order valence-corrected chi connectivity index (χ0v) is 14.1. The Hall–Kier alpha value is -2.28. The van der Waals surface area contributed by atoms with E-state index in [1.807, 2.05) is 39.0 Å². The number of anilines is 2. The Kier molecular flexibility index (Phi) is 4.12. The second-order valence-corrected chi connectivity index (χ2v) is 6.99. The van der Waals surface area contributed by atoms with Gasteiger partial charge in [-0.05, 0) is 32.4 Å². The van der Waals surface area contributed by atoms with Gasteiger partial charge in [0.2, 0.25) is 16.9 Å². The molecule has 1 aromatic carbocycles. The summed E-state index contributed by atoms with van der Waals surface area (Å²) in [7, 11) is 0. The van der Waals surface area contributed by atoms with Crippen molar-refractivity contribution in [2.45, 2.75) is 27.2 Å². The molecule has 0 aliphatic carbocycles. The molecule has 2 aromatic rings. The summed E-state index contributed by atoms with van der Waals surface area (Å²) in [5, 5.41) is 11.8. The SMILES string of the molecule is Cc1ccc(N2C[C@@H](C(=O)Nc3nnc(C)s3)CC2=O)c(C)c1. The number of carbonyl (C=O) groups excluding carboxylic acids is 2. The number of nitrogens with zero attached hydrogens (tertiary/aromatic N) is 3. The predicted octanol–water partition coefficient (Wildman–Crippen LogP) is 2.45. The molecule has 1 saturated heterocycles. The monoisotopic (exact) mass is 330 g/mol. The van der Waals surface area contributed by atoms with Crippen LogP contribution >= 0.6 is 11.3 Å². The number of amides is 2. The second kappa shape index (κ2) is 6.08. The average Bonchev–Trinajstić information content (AvgIpc) is 3.05. The van der Waals surface area contributed by atoms with Crippen molar-refractivity contribution in [2.75, 3.05) is 16.8 Å². The van der Waals surface area contributed by atoms with Gasteiger partial charge in [-0.15, -0.1) is 10.2 Å². The summed E-state index contributed by atoms with van der Waals surface area (Å²) in [6, 6.07) is 5.96. The van der Waals surface area contributed by atoms with E-state index in [4.69, 9.17) is 0 Å². The summed E-state index contributed by atoms with van der Waals surface area (Å²) in [4.78, 5) is 26.3. The van der Waals surface area contributed by atoms with Gasteiger partial charge in [-0.25, -0.2) is 0 Å². The van der Waals surface area contributed by atoms with E-state index in [2.05, 4.69) is 15.5 Å². The van der Waals surface area contributed by atoms with Crippen LogP contribution in [0.15, 0.2) is 18.2 Å². The molecule has 1 aromatic heterocycles. The predicted molar refractivity (Wildman–Crippen MR) is 89.7 cm³/mol. The van der Waals surface area contributed by atoms with Crippen molar-refractivity contribution in [3.8, 4) is 0 Å². The summed E-state index contributed by atoms with van der Waals surface area (Å²) < 4.78 is 0. The lowest BCUT2D eigenvalue weighted by atomic mass is 10.1. The number of rotatable bonds is 3. The van der Waals surface area contributed by atoms with Gasteiger partial charge in [0.15, 0.2) is 0 Å². The molecule has 0 saturated carbocycles. The first kappa shape index (κ1) is 15.6. The first-order chi connectivity index (χ1) is 10.9. The Bertz CT molecular complexity index is 771. The molecule has 120 valence electrons. The molecule has 0 bridgehead atoms. The van der Waals surface area contributed by atoms with Crippen molar-refractivity contribution in [1.29, 1.82) is 0 Å². The molecule has 0 radical (unpaired) electrons. The number of aromatic nitrogens is 2. The molecule has 1 aliphatic rings.